The summed E-state index contributed by atoms with van der Waals surface area (Å²) in [6.45, 7) is 7.50. The summed E-state index contributed by atoms with van der Waals surface area (Å²) in [5.74, 6) is 0. The van der Waals surface area contributed by atoms with Gasteiger partial charge in [-0.2, -0.15) is 0 Å². The number of hydrogen-bond donors (Lipinski definition) is 1. The van der Waals surface area contributed by atoms with E-state index < -0.39 is 0 Å². The second kappa shape index (κ2) is 8.42. The summed E-state index contributed by atoms with van der Waals surface area (Å²) in [7, 11) is 0. The zero-order chi connectivity index (χ0) is 20.3. The van der Waals surface area contributed by atoms with Crippen LogP contribution in [-0.2, 0) is 6.54 Å². The van der Waals surface area contributed by atoms with E-state index in [-0.39, 0.29) is 6.04 Å². The van der Waals surface area contributed by atoms with Crippen molar-refractivity contribution in [3.05, 3.63) is 102 Å². The second-order valence-corrected chi connectivity index (χ2v) is 8.19. The van der Waals surface area contributed by atoms with Crippen molar-refractivity contribution in [2.45, 2.75) is 19.5 Å². The van der Waals surface area contributed by atoms with Crippen LogP contribution in [0.15, 0.2) is 79.1 Å². The third-order valence-electron chi connectivity index (χ3n) is 6.26. The van der Waals surface area contributed by atoms with Gasteiger partial charge in [0.25, 0.3) is 0 Å². The third-order valence-corrected chi connectivity index (χ3v) is 6.26. The van der Waals surface area contributed by atoms with Gasteiger partial charge in [0.15, 0.2) is 0 Å². The minimum atomic E-state index is 0.239. The zero-order valence-corrected chi connectivity index (χ0v) is 17.5. The summed E-state index contributed by atoms with van der Waals surface area (Å²) in [4.78, 5) is 13.1. The Morgan fingerprint density at radius 1 is 0.867 bits per heavy atom. The first kappa shape index (κ1) is 19.0. The molecule has 4 nitrogen and oxygen atoms in total. The van der Waals surface area contributed by atoms with Crippen LogP contribution in [0.4, 0.5) is 0 Å². The molecule has 3 heterocycles. The Hall–Kier alpha value is -2.95. The molecule has 0 bridgehead atoms. The Kier molecular flexibility index (Phi) is 5.35. The number of nitrogens with one attached hydrogen (secondary N) is 1. The molecule has 0 aliphatic carbocycles. The largest absolute Gasteiger partial charge is 0.358 e. The van der Waals surface area contributed by atoms with E-state index in [0.29, 0.717) is 0 Å². The highest BCUT2D eigenvalue weighted by atomic mass is 15.3. The standard InChI is InChI=1S/C26H28N4/c1-20-25(23-9-5-6-10-24(23)28-20)26(22-11-13-27-14-12-22)30-17-15-29(16-18-30)19-21-7-3-2-4-8-21/h2-14,26,28H,15-19H2,1H3. The number of aromatic amines is 1. The van der Waals surface area contributed by atoms with E-state index in [2.05, 4.69) is 93.4 Å². The summed E-state index contributed by atoms with van der Waals surface area (Å²) in [6, 6.07) is 24.0. The molecule has 2 aromatic carbocycles. The first-order chi connectivity index (χ1) is 14.8. The van der Waals surface area contributed by atoms with Gasteiger partial charge in [-0.05, 0) is 36.2 Å². The summed E-state index contributed by atoms with van der Waals surface area (Å²) < 4.78 is 0. The molecule has 1 atom stereocenters. The fourth-order valence-electron chi connectivity index (χ4n) is 4.78. The van der Waals surface area contributed by atoms with Crippen molar-refractivity contribution in [2.24, 2.45) is 0 Å². The highest BCUT2D eigenvalue weighted by molar-refractivity contribution is 5.85. The van der Waals surface area contributed by atoms with Crippen molar-refractivity contribution in [1.82, 2.24) is 19.8 Å². The van der Waals surface area contributed by atoms with Crippen LogP contribution in [0.1, 0.15) is 28.4 Å². The number of hydrogen-bond acceptors (Lipinski definition) is 3. The summed E-state index contributed by atoms with van der Waals surface area (Å²) >= 11 is 0. The van der Waals surface area contributed by atoms with Gasteiger partial charge in [0.2, 0.25) is 0 Å². The number of aryl methyl sites for hydroxylation is 1. The molecule has 1 aliphatic rings. The molecular weight excluding hydrogens is 368 g/mol. The van der Waals surface area contributed by atoms with Gasteiger partial charge in [0.05, 0.1) is 6.04 Å². The fraction of sp³-hybridized carbons (Fsp3) is 0.269. The lowest BCUT2D eigenvalue weighted by Crippen LogP contribution is -2.47. The molecule has 30 heavy (non-hydrogen) atoms. The number of H-pyrrole nitrogens is 1. The number of pyridine rings is 1. The van der Waals surface area contributed by atoms with Crippen LogP contribution in [0.25, 0.3) is 10.9 Å². The molecule has 5 rings (SSSR count). The van der Waals surface area contributed by atoms with Crippen molar-refractivity contribution in [1.29, 1.82) is 0 Å². The topological polar surface area (TPSA) is 35.2 Å². The van der Waals surface area contributed by atoms with E-state index in [1.807, 2.05) is 12.4 Å². The maximum Gasteiger partial charge on any atom is 0.0627 e. The van der Waals surface area contributed by atoms with Crippen molar-refractivity contribution >= 4 is 10.9 Å². The molecule has 1 aliphatic heterocycles. The van der Waals surface area contributed by atoms with Gasteiger partial charge in [-0.1, -0.05) is 48.5 Å². The monoisotopic (exact) mass is 396 g/mol. The number of aromatic nitrogens is 2. The molecule has 1 unspecified atom stereocenters. The number of benzene rings is 2. The first-order valence-electron chi connectivity index (χ1n) is 10.8. The van der Waals surface area contributed by atoms with Gasteiger partial charge in [-0.3, -0.25) is 14.8 Å². The number of piperazine rings is 1. The SMILES string of the molecule is Cc1[nH]c2ccccc2c1C(c1ccncc1)N1CCN(Cc2ccccc2)CC1. The zero-order valence-electron chi connectivity index (χ0n) is 17.5. The van der Waals surface area contributed by atoms with E-state index in [1.54, 1.807) is 0 Å². The Bertz CT molecular complexity index is 1100. The van der Waals surface area contributed by atoms with Gasteiger partial charge in [-0.25, -0.2) is 0 Å². The van der Waals surface area contributed by atoms with E-state index in [9.17, 15) is 0 Å². The Morgan fingerprint density at radius 3 is 2.33 bits per heavy atom. The molecular formula is C26H28N4. The molecule has 0 radical (unpaired) electrons. The lowest BCUT2D eigenvalue weighted by Gasteiger charge is -2.40. The van der Waals surface area contributed by atoms with Crippen LogP contribution in [0.3, 0.4) is 0 Å². The predicted molar refractivity (Wildman–Crippen MR) is 122 cm³/mol. The van der Waals surface area contributed by atoms with Gasteiger partial charge < -0.3 is 4.98 Å². The molecule has 1 fully saturated rings. The molecule has 152 valence electrons. The Labute approximate surface area is 178 Å². The number of nitrogens with zero attached hydrogens (tertiary/aromatic N) is 3. The first-order valence-corrected chi connectivity index (χ1v) is 10.8. The molecule has 1 N–H and O–H groups in total. The quantitative estimate of drug-likeness (QED) is 0.527. The summed E-state index contributed by atoms with van der Waals surface area (Å²) in [6.07, 6.45) is 3.83. The molecule has 0 amide bonds. The van der Waals surface area contributed by atoms with E-state index in [4.69, 9.17) is 0 Å². The maximum atomic E-state index is 4.26. The lowest BCUT2D eigenvalue weighted by molar-refractivity contribution is 0.105. The highest BCUT2D eigenvalue weighted by Gasteiger charge is 2.29. The molecule has 0 spiro atoms. The predicted octanol–water partition coefficient (Wildman–Crippen LogP) is 4.78. The fourth-order valence-corrected chi connectivity index (χ4v) is 4.78. The van der Waals surface area contributed by atoms with Crippen LogP contribution >= 0.6 is 0 Å². The lowest BCUT2D eigenvalue weighted by atomic mass is 9.94. The van der Waals surface area contributed by atoms with E-state index in [0.717, 1.165) is 32.7 Å². The molecule has 2 aromatic heterocycles. The van der Waals surface area contributed by atoms with Crippen LogP contribution in [0, 0.1) is 6.92 Å². The molecule has 1 saturated heterocycles. The highest BCUT2D eigenvalue weighted by Crippen LogP contribution is 2.36. The van der Waals surface area contributed by atoms with Crippen molar-refractivity contribution in [2.75, 3.05) is 26.2 Å². The van der Waals surface area contributed by atoms with E-state index in [1.165, 1.54) is 33.3 Å². The van der Waals surface area contributed by atoms with Crippen LogP contribution in [0.5, 0.6) is 0 Å². The van der Waals surface area contributed by atoms with Gasteiger partial charge >= 0.3 is 0 Å². The average Bonchev–Trinajstić information content (AvgIpc) is 3.12. The smallest absolute Gasteiger partial charge is 0.0627 e. The number of para-hydroxylation sites is 1. The average molecular weight is 397 g/mol. The summed E-state index contributed by atoms with van der Waals surface area (Å²) in [5, 5.41) is 1.32. The number of rotatable bonds is 5. The third kappa shape index (κ3) is 3.76. The van der Waals surface area contributed by atoms with Crippen LogP contribution in [0.2, 0.25) is 0 Å². The van der Waals surface area contributed by atoms with Gasteiger partial charge in [-0.15, -0.1) is 0 Å². The van der Waals surface area contributed by atoms with E-state index >= 15 is 0 Å². The molecule has 4 heteroatoms. The number of fused-ring (bicyclic) bond motifs is 1. The normalized spacial score (nSPS) is 16.7. The minimum Gasteiger partial charge on any atom is -0.358 e. The Morgan fingerprint density at radius 2 is 1.57 bits per heavy atom. The Balaban J connectivity index is 1.43. The van der Waals surface area contributed by atoms with Crippen molar-refractivity contribution in [3.8, 4) is 0 Å². The van der Waals surface area contributed by atoms with Crippen LogP contribution < -0.4 is 0 Å². The molecule has 0 saturated carbocycles. The van der Waals surface area contributed by atoms with Gasteiger partial charge in [0.1, 0.15) is 0 Å². The van der Waals surface area contributed by atoms with Gasteiger partial charge in [0, 0.05) is 67.3 Å². The van der Waals surface area contributed by atoms with Crippen LogP contribution in [-0.4, -0.2) is 45.9 Å². The van der Waals surface area contributed by atoms with Crippen molar-refractivity contribution in [3.63, 3.8) is 0 Å². The van der Waals surface area contributed by atoms with Crippen molar-refractivity contribution < 1.29 is 0 Å². The second-order valence-electron chi connectivity index (χ2n) is 8.19. The summed E-state index contributed by atoms with van der Waals surface area (Å²) in [5.41, 5.74) is 6.57. The maximum absolute atomic E-state index is 4.26. The molecule has 4 aromatic rings. The minimum absolute atomic E-state index is 0.239.